The third-order valence-corrected chi connectivity index (χ3v) is 2.57. The summed E-state index contributed by atoms with van der Waals surface area (Å²) < 4.78 is 10.1. The van der Waals surface area contributed by atoms with Crippen molar-refractivity contribution in [3.63, 3.8) is 0 Å². The number of rotatable bonds is 6. The minimum Gasteiger partial charge on any atom is -0.489 e. The topological polar surface area (TPSA) is 78.7 Å². The van der Waals surface area contributed by atoms with Crippen molar-refractivity contribution in [1.29, 1.82) is 0 Å². The number of esters is 1. The summed E-state index contributed by atoms with van der Waals surface area (Å²) in [6, 6.07) is 3.09. The second-order valence-electron chi connectivity index (χ2n) is 4.13. The maximum atomic E-state index is 11.1. The summed E-state index contributed by atoms with van der Waals surface area (Å²) in [5.74, 6) is -0.0153. The van der Waals surface area contributed by atoms with E-state index in [-0.39, 0.29) is 12.3 Å². The Kier molecular flexibility index (Phi) is 5.71. The first-order chi connectivity index (χ1) is 9.45. The molecule has 0 aliphatic heterocycles. The molecule has 0 amide bonds. The van der Waals surface area contributed by atoms with Crippen molar-refractivity contribution in [2.45, 2.75) is 20.8 Å². The highest BCUT2D eigenvalue weighted by atomic mass is 16.6. The predicted octanol–water partition coefficient (Wildman–Crippen LogP) is 2.71. The van der Waals surface area contributed by atoms with Crippen molar-refractivity contribution in [2.24, 2.45) is 0 Å². The summed E-state index contributed by atoms with van der Waals surface area (Å²) in [5.41, 5.74) is 1.40. The first-order valence-corrected chi connectivity index (χ1v) is 6.17. The maximum absolute atomic E-state index is 11.1. The minimum absolute atomic E-state index is 0.0139. The molecule has 0 saturated carbocycles. The monoisotopic (exact) mass is 279 g/mol. The number of carbonyl (C=O) groups excluding carboxylic acids is 1. The fraction of sp³-hybridized carbons (Fsp3) is 0.357. The highest BCUT2D eigenvalue weighted by Gasteiger charge is 2.14. The Hall–Kier alpha value is -2.37. The van der Waals surface area contributed by atoms with Gasteiger partial charge in [-0.3, -0.25) is 10.1 Å². The van der Waals surface area contributed by atoms with Crippen molar-refractivity contribution in [1.82, 2.24) is 0 Å². The molecule has 6 heteroatoms. The van der Waals surface area contributed by atoms with Crippen LogP contribution >= 0.6 is 0 Å². The van der Waals surface area contributed by atoms with Crippen LogP contribution in [0.2, 0.25) is 0 Å². The van der Waals surface area contributed by atoms with Gasteiger partial charge in [0.2, 0.25) is 0 Å². The van der Waals surface area contributed by atoms with E-state index in [2.05, 4.69) is 0 Å². The highest BCUT2D eigenvalue weighted by molar-refractivity contribution is 5.81. The second kappa shape index (κ2) is 7.28. The van der Waals surface area contributed by atoms with E-state index in [0.717, 1.165) is 5.56 Å². The molecule has 0 bridgehead atoms. The number of hydrogen-bond acceptors (Lipinski definition) is 5. The largest absolute Gasteiger partial charge is 0.489 e. The molecule has 0 heterocycles. The third-order valence-electron chi connectivity index (χ3n) is 2.57. The number of benzene rings is 1. The van der Waals surface area contributed by atoms with Gasteiger partial charge in [0.05, 0.1) is 17.6 Å². The van der Waals surface area contributed by atoms with Crippen molar-refractivity contribution in [3.8, 4) is 5.75 Å². The van der Waals surface area contributed by atoms with Crippen LogP contribution in [0.3, 0.4) is 0 Å². The van der Waals surface area contributed by atoms with Gasteiger partial charge < -0.3 is 9.47 Å². The lowest BCUT2D eigenvalue weighted by Crippen LogP contribution is -2.02. The van der Waals surface area contributed by atoms with Crippen LogP contribution < -0.4 is 4.74 Å². The summed E-state index contributed by atoms with van der Waals surface area (Å²) >= 11 is 0. The molecule has 0 fully saturated rings. The van der Waals surface area contributed by atoms with Crippen molar-refractivity contribution < 1.29 is 19.2 Å². The van der Waals surface area contributed by atoms with Gasteiger partial charge in [0, 0.05) is 11.6 Å². The van der Waals surface area contributed by atoms with E-state index >= 15 is 0 Å². The van der Waals surface area contributed by atoms with Crippen LogP contribution in [0, 0.1) is 24.0 Å². The lowest BCUT2D eigenvalue weighted by Gasteiger charge is -2.08. The molecule has 1 rings (SSSR count). The molecular formula is C14H17NO5. The van der Waals surface area contributed by atoms with Crippen LogP contribution in [0.1, 0.15) is 18.1 Å². The van der Waals surface area contributed by atoms with Gasteiger partial charge in [-0.15, -0.1) is 0 Å². The summed E-state index contributed by atoms with van der Waals surface area (Å²) in [5, 5.41) is 10.9. The molecule has 0 spiro atoms. The lowest BCUT2D eigenvalue weighted by molar-refractivity contribution is -0.385. The van der Waals surface area contributed by atoms with Crippen LogP contribution in [0.25, 0.3) is 0 Å². The average Bonchev–Trinajstić information content (AvgIpc) is 2.36. The molecule has 0 N–H and O–H groups in total. The molecule has 0 aliphatic rings. The fourth-order valence-electron chi connectivity index (χ4n) is 1.65. The van der Waals surface area contributed by atoms with E-state index in [4.69, 9.17) is 9.47 Å². The number of carbonyl (C=O) groups is 1. The molecule has 0 unspecified atom stereocenters. The summed E-state index contributed by atoms with van der Waals surface area (Å²) in [7, 11) is 0. The smallest absolute Gasteiger partial charge is 0.330 e. The Morgan fingerprint density at radius 1 is 1.35 bits per heavy atom. The highest BCUT2D eigenvalue weighted by Crippen LogP contribution is 2.27. The first kappa shape index (κ1) is 15.7. The van der Waals surface area contributed by atoms with Gasteiger partial charge in [-0.05, 0) is 38.5 Å². The Bertz CT molecular complexity index is 537. The van der Waals surface area contributed by atoms with E-state index in [9.17, 15) is 14.9 Å². The molecule has 108 valence electrons. The third kappa shape index (κ3) is 4.38. The molecule has 6 nitrogen and oxygen atoms in total. The lowest BCUT2D eigenvalue weighted by atomic mass is 10.1. The molecule has 0 aromatic heterocycles. The molecular weight excluding hydrogens is 262 g/mol. The van der Waals surface area contributed by atoms with Gasteiger partial charge in [0.1, 0.15) is 12.4 Å². The zero-order chi connectivity index (χ0) is 15.1. The number of nitro groups is 1. The standard InChI is InChI=1S/C14H17NO5/c1-4-19-14(16)6-5-7-20-13-9-12(15(17)18)10(2)8-11(13)3/h5-6,8-9H,4,7H2,1-3H3/b6-5+. The summed E-state index contributed by atoms with van der Waals surface area (Å²) in [6.45, 7) is 5.65. The van der Waals surface area contributed by atoms with E-state index in [1.54, 1.807) is 26.8 Å². The number of ether oxygens (including phenoxy) is 2. The van der Waals surface area contributed by atoms with E-state index in [1.807, 2.05) is 0 Å². The molecule has 0 aliphatic carbocycles. The molecule has 20 heavy (non-hydrogen) atoms. The van der Waals surface area contributed by atoms with Crippen LogP contribution in [0.15, 0.2) is 24.3 Å². The molecule has 1 aromatic carbocycles. The van der Waals surface area contributed by atoms with Gasteiger partial charge in [-0.2, -0.15) is 0 Å². The van der Waals surface area contributed by atoms with Crippen molar-refractivity contribution >= 4 is 11.7 Å². The normalized spacial score (nSPS) is 10.6. The van der Waals surface area contributed by atoms with Crippen LogP contribution in [0.5, 0.6) is 5.75 Å². The van der Waals surface area contributed by atoms with Gasteiger partial charge >= 0.3 is 5.97 Å². The quantitative estimate of drug-likeness (QED) is 0.346. The summed E-state index contributed by atoms with van der Waals surface area (Å²) in [4.78, 5) is 21.5. The number of nitro benzene ring substituents is 1. The Morgan fingerprint density at radius 3 is 2.65 bits per heavy atom. The minimum atomic E-state index is -0.448. The van der Waals surface area contributed by atoms with E-state index in [0.29, 0.717) is 17.9 Å². The zero-order valence-electron chi connectivity index (χ0n) is 11.7. The Labute approximate surface area is 117 Å². The molecule has 0 atom stereocenters. The Balaban J connectivity index is 2.71. The fourth-order valence-corrected chi connectivity index (χ4v) is 1.65. The molecule has 0 saturated heterocycles. The molecule has 0 radical (unpaired) electrons. The van der Waals surface area contributed by atoms with Gasteiger partial charge in [0.15, 0.2) is 0 Å². The number of hydrogen-bond donors (Lipinski definition) is 0. The molecule has 1 aromatic rings. The van der Waals surface area contributed by atoms with E-state index < -0.39 is 10.9 Å². The van der Waals surface area contributed by atoms with Crippen LogP contribution in [0.4, 0.5) is 5.69 Å². The van der Waals surface area contributed by atoms with Crippen LogP contribution in [-0.2, 0) is 9.53 Å². The van der Waals surface area contributed by atoms with Gasteiger partial charge in [-0.1, -0.05) is 0 Å². The van der Waals surface area contributed by atoms with Gasteiger partial charge in [0.25, 0.3) is 5.69 Å². The maximum Gasteiger partial charge on any atom is 0.330 e. The SMILES string of the molecule is CCOC(=O)/C=C/COc1cc([N+](=O)[O-])c(C)cc1C. The number of nitrogens with zero attached hydrogens (tertiary/aromatic N) is 1. The van der Waals surface area contributed by atoms with Crippen molar-refractivity contribution in [3.05, 3.63) is 45.5 Å². The Morgan fingerprint density at radius 2 is 2.05 bits per heavy atom. The average molecular weight is 279 g/mol. The van der Waals surface area contributed by atoms with Gasteiger partial charge in [-0.25, -0.2) is 4.79 Å². The van der Waals surface area contributed by atoms with Crippen molar-refractivity contribution in [2.75, 3.05) is 13.2 Å². The zero-order valence-corrected chi connectivity index (χ0v) is 11.7. The second-order valence-corrected chi connectivity index (χ2v) is 4.13. The van der Waals surface area contributed by atoms with Crippen LogP contribution in [-0.4, -0.2) is 24.1 Å². The predicted molar refractivity (Wildman–Crippen MR) is 73.8 cm³/mol. The summed E-state index contributed by atoms with van der Waals surface area (Å²) in [6.07, 6.45) is 2.77. The van der Waals surface area contributed by atoms with E-state index in [1.165, 1.54) is 18.2 Å². The number of aryl methyl sites for hydroxylation is 2. The first-order valence-electron chi connectivity index (χ1n) is 6.17.